The summed E-state index contributed by atoms with van der Waals surface area (Å²) in [5, 5.41) is 0. The molecule has 0 spiro atoms. The molecular weight excluding hydrogens is 198 g/mol. The lowest BCUT2D eigenvalue weighted by molar-refractivity contribution is 0.207. The van der Waals surface area contributed by atoms with Gasteiger partial charge in [0.05, 0.1) is 18.2 Å². The first-order valence-corrected chi connectivity index (χ1v) is 5.46. The smallest absolute Gasteiger partial charge is 0.142 e. The molecule has 0 saturated heterocycles. The predicted molar refractivity (Wildman–Crippen MR) is 58.8 cm³/mol. The second-order valence-electron chi connectivity index (χ2n) is 3.33. The molecule has 0 aromatic carbocycles. The van der Waals surface area contributed by atoms with Crippen LogP contribution in [0.2, 0.25) is 0 Å². The standard InChI is InChI=1S/C11H16ClNO/c1-3-4-9(2)14-11-8-13-6-5-10(11)7-12/h5-6,8-9H,3-4,7H2,1-2H3. The monoisotopic (exact) mass is 213 g/mol. The number of pyridine rings is 1. The fourth-order valence-electron chi connectivity index (χ4n) is 1.31. The van der Waals surface area contributed by atoms with E-state index in [1.807, 2.05) is 6.07 Å². The number of nitrogens with zero attached hydrogens (tertiary/aromatic N) is 1. The summed E-state index contributed by atoms with van der Waals surface area (Å²) in [4.78, 5) is 4.02. The highest BCUT2D eigenvalue weighted by Gasteiger charge is 2.06. The number of ether oxygens (including phenoxy) is 1. The summed E-state index contributed by atoms with van der Waals surface area (Å²) >= 11 is 5.78. The van der Waals surface area contributed by atoms with Gasteiger partial charge in [-0.25, -0.2) is 0 Å². The Balaban J connectivity index is 2.65. The van der Waals surface area contributed by atoms with Crippen LogP contribution >= 0.6 is 11.6 Å². The van der Waals surface area contributed by atoms with Crippen LogP contribution < -0.4 is 4.74 Å². The summed E-state index contributed by atoms with van der Waals surface area (Å²) in [6, 6.07) is 1.89. The fraction of sp³-hybridized carbons (Fsp3) is 0.545. The Hall–Kier alpha value is -0.760. The molecule has 0 saturated carbocycles. The van der Waals surface area contributed by atoms with Gasteiger partial charge in [-0.2, -0.15) is 0 Å². The second kappa shape index (κ2) is 5.86. The van der Waals surface area contributed by atoms with Gasteiger partial charge in [-0.3, -0.25) is 4.98 Å². The van der Waals surface area contributed by atoms with Crippen LogP contribution in [0.1, 0.15) is 32.3 Å². The number of hydrogen-bond donors (Lipinski definition) is 0. The van der Waals surface area contributed by atoms with Crippen LogP contribution in [0.25, 0.3) is 0 Å². The third-order valence-corrected chi connectivity index (χ3v) is 2.33. The quantitative estimate of drug-likeness (QED) is 0.700. The van der Waals surface area contributed by atoms with E-state index in [-0.39, 0.29) is 6.10 Å². The molecule has 78 valence electrons. The van der Waals surface area contributed by atoms with Gasteiger partial charge in [0.15, 0.2) is 0 Å². The van der Waals surface area contributed by atoms with Gasteiger partial charge in [0.1, 0.15) is 5.75 Å². The molecule has 14 heavy (non-hydrogen) atoms. The van der Waals surface area contributed by atoms with Crippen LogP contribution in [-0.4, -0.2) is 11.1 Å². The number of aromatic nitrogens is 1. The van der Waals surface area contributed by atoms with Crippen molar-refractivity contribution in [2.24, 2.45) is 0 Å². The van der Waals surface area contributed by atoms with Gasteiger partial charge in [-0.1, -0.05) is 13.3 Å². The molecule has 0 aliphatic carbocycles. The lowest BCUT2D eigenvalue weighted by Crippen LogP contribution is -2.12. The van der Waals surface area contributed by atoms with Crippen molar-refractivity contribution in [1.29, 1.82) is 0 Å². The average molecular weight is 214 g/mol. The van der Waals surface area contributed by atoms with Crippen molar-refractivity contribution >= 4 is 11.6 Å². The zero-order chi connectivity index (χ0) is 10.4. The first-order chi connectivity index (χ1) is 6.77. The fourth-order valence-corrected chi connectivity index (χ4v) is 1.53. The van der Waals surface area contributed by atoms with Crippen LogP contribution in [0.5, 0.6) is 5.75 Å². The van der Waals surface area contributed by atoms with E-state index < -0.39 is 0 Å². The number of hydrogen-bond acceptors (Lipinski definition) is 2. The first kappa shape index (κ1) is 11.3. The Morgan fingerprint density at radius 3 is 3.00 bits per heavy atom. The Kier molecular flexibility index (Phi) is 4.74. The van der Waals surface area contributed by atoms with Crippen LogP contribution in [0, 0.1) is 0 Å². The van der Waals surface area contributed by atoms with Crippen molar-refractivity contribution in [1.82, 2.24) is 4.98 Å². The molecule has 1 rings (SSSR count). The second-order valence-corrected chi connectivity index (χ2v) is 3.60. The van der Waals surface area contributed by atoms with E-state index in [4.69, 9.17) is 16.3 Å². The van der Waals surface area contributed by atoms with E-state index in [1.165, 1.54) is 0 Å². The molecule has 1 atom stereocenters. The maximum atomic E-state index is 5.78. The summed E-state index contributed by atoms with van der Waals surface area (Å²) in [7, 11) is 0. The van der Waals surface area contributed by atoms with Crippen molar-refractivity contribution in [3.63, 3.8) is 0 Å². The van der Waals surface area contributed by atoms with Crippen LogP contribution in [-0.2, 0) is 5.88 Å². The molecule has 1 aromatic heterocycles. The summed E-state index contributed by atoms with van der Waals surface area (Å²) in [5.41, 5.74) is 1.00. The van der Waals surface area contributed by atoms with E-state index in [0.717, 1.165) is 24.2 Å². The van der Waals surface area contributed by atoms with E-state index >= 15 is 0 Å². The molecule has 0 radical (unpaired) electrons. The Bertz CT molecular complexity index is 278. The number of alkyl halides is 1. The minimum Gasteiger partial charge on any atom is -0.489 e. The molecule has 0 fully saturated rings. The minimum atomic E-state index is 0.228. The zero-order valence-electron chi connectivity index (χ0n) is 8.66. The molecule has 0 N–H and O–H groups in total. The highest BCUT2D eigenvalue weighted by atomic mass is 35.5. The summed E-state index contributed by atoms with van der Waals surface area (Å²) in [6.45, 7) is 4.21. The molecule has 1 unspecified atom stereocenters. The maximum Gasteiger partial charge on any atom is 0.142 e. The average Bonchev–Trinajstić information content (AvgIpc) is 2.19. The SMILES string of the molecule is CCCC(C)Oc1cnccc1CCl. The first-order valence-electron chi connectivity index (χ1n) is 4.93. The topological polar surface area (TPSA) is 22.1 Å². The molecule has 0 amide bonds. The molecule has 1 aromatic rings. The van der Waals surface area contributed by atoms with E-state index in [0.29, 0.717) is 5.88 Å². The third kappa shape index (κ3) is 3.18. The van der Waals surface area contributed by atoms with Crippen molar-refractivity contribution in [3.8, 4) is 5.75 Å². The molecule has 0 aliphatic heterocycles. The maximum absolute atomic E-state index is 5.78. The predicted octanol–water partition coefficient (Wildman–Crippen LogP) is 3.39. The van der Waals surface area contributed by atoms with Gasteiger partial charge in [0.2, 0.25) is 0 Å². The largest absolute Gasteiger partial charge is 0.489 e. The van der Waals surface area contributed by atoms with E-state index in [2.05, 4.69) is 18.8 Å². The van der Waals surface area contributed by atoms with Crippen LogP contribution in [0.3, 0.4) is 0 Å². The van der Waals surface area contributed by atoms with Gasteiger partial charge >= 0.3 is 0 Å². The Labute approximate surface area is 90.3 Å². The Morgan fingerprint density at radius 2 is 2.36 bits per heavy atom. The van der Waals surface area contributed by atoms with Gasteiger partial charge in [0.25, 0.3) is 0 Å². The molecule has 0 bridgehead atoms. The van der Waals surface area contributed by atoms with Gasteiger partial charge in [-0.05, 0) is 19.4 Å². The van der Waals surface area contributed by atoms with Crippen LogP contribution in [0.4, 0.5) is 0 Å². The Morgan fingerprint density at radius 1 is 1.57 bits per heavy atom. The van der Waals surface area contributed by atoms with Crippen molar-refractivity contribution in [2.45, 2.75) is 38.7 Å². The van der Waals surface area contributed by atoms with E-state index in [1.54, 1.807) is 12.4 Å². The summed E-state index contributed by atoms with van der Waals surface area (Å²) in [6.07, 6.45) is 5.86. The molecule has 0 aliphatic rings. The normalized spacial score (nSPS) is 12.5. The van der Waals surface area contributed by atoms with E-state index in [9.17, 15) is 0 Å². The lowest BCUT2D eigenvalue weighted by atomic mass is 10.2. The summed E-state index contributed by atoms with van der Waals surface area (Å²) in [5.74, 6) is 1.28. The molecular formula is C11H16ClNO. The highest BCUT2D eigenvalue weighted by molar-refractivity contribution is 6.17. The minimum absolute atomic E-state index is 0.228. The van der Waals surface area contributed by atoms with Gasteiger partial charge < -0.3 is 4.74 Å². The lowest BCUT2D eigenvalue weighted by Gasteiger charge is -2.15. The van der Waals surface area contributed by atoms with Crippen molar-refractivity contribution < 1.29 is 4.74 Å². The van der Waals surface area contributed by atoms with Crippen molar-refractivity contribution in [3.05, 3.63) is 24.0 Å². The molecule has 3 heteroatoms. The zero-order valence-corrected chi connectivity index (χ0v) is 9.42. The van der Waals surface area contributed by atoms with Gasteiger partial charge in [-0.15, -0.1) is 11.6 Å². The highest BCUT2D eigenvalue weighted by Crippen LogP contribution is 2.20. The van der Waals surface area contributed by atoms with Crippen LogP contribution in [0.15, 0.2) is 18.5 Å². The molecule has 1 heterocycles. The number of rotatable bonds is 5. The number of halogens is 1. The van der Waals surface area contributed by atoms with Crippen molar-refractivity contribution in [2.75, 3.05) is 0 Å². The van der Waals surface area contributed by atoms with Gasteiger partial charge in [0, 0.05) is 11.8 Å². The summed E-state index contributed by atoms with van der Waals surface area (Å²) < 4.78 is 5.73. The third-order valence-electron chi connectivity index (χ3n) is 2.04. The molecule has 2 nitrogen and oxygen atoms in total.